The van der Waals surface area contributed by atoms with Gasteiger partial charge in [0.15, 0.2) is 5.76 Å². The SMILES string of the molecule is Cc1nnsc1C(=O)NCc1cc(-c2ccco2)on1. The first-order valence-corrected chi connectivity index (χ1v) is 6.58. The molecule has 0 fully saturated rings. The molecule has 20 heavy (non-hydrogen) atoms. The fourth-order valence-electron chi connectivity index (χ4n) is 1.62. The number of carbonyl (C=O) groups excluding carboxylic acids is 1. The Balaban J connectivity index is 1.65. The number of carbonyl (C=O) groups is 1. The highest BCUT2D eigenvalue weighted by atomic mass is 32.1. The summed E-state index contributed by atoms with van der Waals surface area (Å²) >= 11 is 1.06. The lowest BCUT2D eigenvalue weighted by molar-refractivity contribution is 0.0953. The van der Waals surface area contributed by atoms with E-state index in [0.29, 0.717) is 27.8 Å². The summed E-state index contributed by atoms with van der Waals surface area (Å²) in [6.07, 6.45) is 1.55. The van der Waals surface area contributed by atoms with Crippen molar-refractivity contribution >= 4 is 17.4 Å². The Bertz CT molecular complexity index is 717. The highest BCUT2D eigenvalue weighted by Gasteiger charge is 2.14. The van der Waals surface area contributed by atoms with Gasteiger partial charge >= 0.3 is 0 Å². The van der Waals surface area contributed by atoms with Crippen LogP contribution in [0.5, 0.6) is 0 Å². The van der Waals surface area contributed by atoms with Crippen LogP contribution in [0, 0.1) is 6.92 Å². The fourth-order valence-corrected chi connectivity index (χ4v) is 2.19. The maximum absolute atomic E-state index is 11.9. The number of nitrogens with one attached hydrogen (secondary N) is 1. The first-order chi connectivity index (χ1) is 9.74. The number of furan rings is 1. The highest BCUT2D eigenvalue weighted by Crippen LogP contribution is 2.20. The van der Waals surface area contributed by atoms with Crippen molar-refractivity contribution in [2.24, 2.45) is 0 Å². The van der Waals surface area contributed by atoms with Crippen molar-refractivity contribution in [3.8, 4) is 11.5 Å². The molecule has 0 saturated carbocycles. The summed E-state index contributed by atoms with van der Waals surface area (Å²) in [7, 11) is 0. The van der Waals surface area contributed by atoms with Crippen LogP contribution in [0.3, 0.4) is 0 Å². The number of aromatic nitrogens is 3. The van der Waals surface area contributed by atoms with Crippen molar-refractivity contribution in [2.75, 3.05) is 0 Å². The molecule has 1 amide bonds. The topological polar surface area (TPSA) is 94.1 Å². The average Bonchev–Trinajstić information content (AvgIpc) is 3.16. The molecule has 3 aromatic rings. The van der Waals surface area contributed by atoms with Gasteiger partial charge in [-0.05, 0) is 30.6 Å². The van der Waals surface area contributed by atoms with Gasteiger partial charge in [-0.1, -0.05) is 9.64 Å². The van der Waals surface area contributed by atoms with Crippen LogP contribution in [0.2, 0.25) is 0 Å². The second-order valence-electron chi connectivity index (χ2n) is 4.03. The lowest BCUT2D eigenvalue weighted by atomic mass is 10.3. The van der Waals surface area contributed by atoms with E-state index in [4.69, 9.17) is 8.94 Å². The Morgan fingerprint density at radius 3 is 3.05 bits per heavy atom. The van der Waals surface area contributed by atoms with Gasteiger partial charge in [0.25, 0.3) is 5.91 Å². The third-order valence-corrected chi connectivity index (χ3v) is 3.44. The van der Waals surface area contributed by atoms with Crippen LogP contribution in [0.4, 0.5) is 0 Å². The van der Waals surface area contributed by atoms with Crippen molar-refractivity contribution in [2.45, 2.75) is 13.5 Å². The average molecular weight is 290 g/mol. The third-order valence-electron chi connectivity index (χ3n) is 2.61. The smallest absolute Gasteiger partial charge is 0.265 e. The first-order valence-electron chi connectivity index (χ1n) is 5.80. The molecule has 0 atom stereocenters. The zero-order chi connectivity index (χ0) is 13.9. The van der Waals surface area contributed by atoms with Crippen LogP contribution in [0.15, 0.2) is 33.4 Å². The van der Waals surface area contributed by atoms with Crippen molar-refractivity contribution in [1.29, 1.82) is 0 Å². The normalized spacial score (nSPS) is 10.7. The monoisotopic (exact) mass is 290 g/mol. The van der Waals surface area contributed by atoms with Crippen molar-refractivity contribution < 1.29 is 13.7 Å². The number of amides is 1. The number of aryl methyl sites for hydroxylation is 1. The minimum absolute atomic E-state index is 0.222. The zero-order valence-electron chi connectivity index (χ0n) is 10.5. The van der Waals surface area contributed by atoms with E-state index < -0.39 is 0 Å². The lowest BCUT2D eigenvalue weighted by Gasteiger charge is -1.99. The molecule has 0 saturated heterocycles. The second kappa shape index (κ2) is 5.25. The minimum atomic E-state index is -0.222. The van der Waals surface area contributed by atoms with Crippen LogP contribution in [-0.4, -0.2) is 20.7 Å². The van der Waals surface area contributed by atoms with E-state index in [1.165, 1.54) is 0 Å². The number of rotatable bonds is 4. The van der Waals surface area contributed by atoms with Gasteiger partial charge < -0.3 is 14.3 Å². The summed E-state index contributed by atoms with van der Waals surface area (Å²) in [5.74, 6) is 0.896. The molecule has 0 radical (unpaired) electrons. The fraction of sp³-hybridized carbons (Fsp3) is 0.167. The second-order valence-corrected chi connectivity index (χ2v) is 4.78. The molecule has 0 aliphatic rings. The van der Waals surface area contributed by atoms with E-state index in [1.54, 1.807) is 31.4 Å². The molecular formula is C12H10N4O3S. The number of nitrogens with zero attached hydrogens (tertiary/aromatic N) is 3. The van der Waals surface area contributed by atoms with Gasteiger partial charge in [0.05, 0.1) is 18.5 Å². The molecule has 0 aliphatic carbocycles. The molecular weight excluding hydrogens is 280 g/mol. The summed E-state index contributed by atoms with van der Waals surface area (Å²) in [5.41, 5.74) is 1.23. The summed E-state index contributed by atoms with van der Waals surface area (Å²) in [6.45, 7) is 2.00. The molecule has 3 aromatic heterocycles. The van der Waals surface area contributed by atoms with Crippen molar-refractivity contribution in [1.82, 2.24) is 20.1 Å². The summed E-state index contributed by atoms with van der Waals surface area (Å²) in [6, 6.07) is 5.25. The Hall–Kier alpha value is -2.48. The standard InChI is InChI=1S/C12H10N4O3S/c1-7-11(20-16-14-7)12(17)13-6-8-5-10(19-15-8)9-3-2-4-18-9/h2-5H,6H2,1H3,(H,13,17). The first kappa shape index (κ1) is 12.5. The highest BCUT2D eigenvalue weighted by molar-refractivity contribution is 7.07. The maximum atomic E-state index is 11.9. The van der Waals surface area contributed by atoms with Crippen LogP contribution < -0.4 is 5.32 Å². The van der Waals surface area contributed by atoms with Gasteiger partial charge in [-0.2, -0.15) is 0 Å². The van der Waals surface area contributed by atoms with Gasteiger partial charge in [0, 0.05) is 6.07 Å². The van der Waals surface area contributed by atoms with Gasteiger partial charge in [0.1, 0.15) is 10.6 Å². The number of hydrogen-bond donors (Lipinski definition) is 1. The van der Waals surface area contributed by atoms with Crippen LogP contribution in [0.1, 0.15) is 21.1 Å². The Labute approximate surface area is 117 Å². The number of hydrogen-bond acceptors (Lipinski definition) is 7. The summed E-state index contributed by atoms with van der Waals surface area (Å²) in [4.78, 5) is 12.4. The predicted octanol–water partition coefficient (Wildman–Crippen LogP) is 2.02. The predicted molar refractivity (Wildman–Crippen MR) is 70.0 cm³/mol. The van der Waals surface area contributed by atoms with E-state index in [0.717, 1.165) is 11.5 Å². The summed E-state index contributed by atoms with van der Waals surface area (Å²) < 4.78 is 14.1. The molecule has 1 N–H and O–H groups in total. The molecule has 3 rings (SSSR count). The van der Waals surface area contributed by atoms with E-state index in [2.05, 4.69) is 20.1 Å². The van der Waals surface area contributed by atoms with Crippen LogP contribution in [0.25, 0.3) is 11.5 Å². The molecule has 0 spiro atoms. The molecule has 3 heterocycles. The Morgan fingerprint density at radius 2 is 2.35 bits per heavy atom. The third kappa shape index (κ3) is 2.45. The van der Waals surface area contributed by atoms with Crippen molar-refractivity contribution in [3.05, 3.63) is 40.7 Å². The quantitative estimate of drug-likeness (QED) is 0.790. The Kier molecular flexibility index (Phi) is 3.30. The molecule has 0 bridgehead atoms. The Morgan fingerprint density at radius 1 is 1.45 bits per heavy atom. The van der Waals surface area contributed by atoms with Crippen LogP contribution in [-0.2, 0) is 6.54 Å². The van der Waals surface area contributed by atoms with Gasteiger partial charge in [-0.3, -0.25) is 4.79 Å². The van der Waals surface area contributed by atoms with Gasteiger partial charge in [-0.25, -0.2) is 0 Å². The molecule has 7 nitrogen and oxygen atoms in total. The molecule has 0 aliphatic heterocycles. The lowest BCUT2D eigenvalue weighted by Crippen LogP contribution is -2.22. The zero-order valence-corrected chi connectivity index (χ0v) is 11.3. The van der Waals surface area contributed by atoms with E-state index in [1.807, 2.05) is 0 Å². The van der Waals surface area contributed by atoms with E-state index >= 15 is 0 Å². The molecule has 8 heteroatoms. The van der Waals surface area contributed by atoms with Gasteiger partial charge in [0.2, 0.25) is 5.76 Å². The maximum Gasteiger partial charge on any atom is 0.265 e. The molecule has 0 aromatic carbocycles. The van der Waals surface area contributed by atoms with Crippen LogP contribution >= 0.6 is 11.5 Å². The molecule has 102 valence electrons. The van der Waals surface area contributed by atoms with E-state index in [9.17, 15) is 4.79 Å². The van der Waals surface area contributed by atoms with Gasteiger partial charge in [-0.15, -0.1) is 5.10 Å². The summed E-state index contributed by atoms with van der Waals surface area (Å²) in [5, 5.41) is 10.4. The van der Waals surface area contributed by atoms with E-state index in [-0.39, 0.29) is 12.5 Å². The minimum Gasteiger partial charge on any atom is -0.461 e. The van der Waals surface area contributed by atoms with Crippen molar-refractivity contribution in [3.63, 3.8) is 0 Å². The largest absolute Gasteiger partial charge is 0.461 e. The molecule has 0 unspecified atom stereocenters.